The highest BCUT2D eigenvalue weighted by molar-refractivity contribution is 5.68. The molecule has 0 atom stereocenters. The van der Waals surface area contributed by atoms with Gasteiger partial charge in [0.2, 0.25) is 0 Å². The van der Waals surface area contributed by atoms with Crippen LogP contribution >= 0.6 is 0 Å². The largest absolute Gasteiger partial charge is 0.444 e. The van der Waals surface area contributed by atoms with Crippen molar-refractivity contribution in [3.8, 4) is 0 Å². The molecule has 0 unspecified atom stereocenters. The molecule has 1 fully saturated rings. The SMILES string of the molecule is CC(C)(C)OC(=O)N1CCC(C2=CCN=N2)CC1. The van der Waals surface area contributed by atoms with E-state index in [1.807, 2.05) is 20.8 Å². The van der Waals surface area contributed by atoms with E-state index in [4.69, 9.17) is 4.74 Å². The lowest BCUT2D eigenvalue weighted by Crippen LogP contribution is -2.41. The Kier molecular flexibility index (Phi) is 3.68. The van der Waals surface area contributed by atoms with Crippen LogP contribution < -0.4 is 0 Å². The second kappa shape index (κ2) is 5.08. The summed E-state index contributed by atoms with van der Waals surface area (Å²) in [6, 6.07) is 0. The predicted molar refractivity (Wildman–Crippen MR) is 68.3 cm³/mol. The Morgan fingerprint density at radius 1 is 1.39 bits per heavy atom. The molecule has 0 aliphatic carbocycles. The van der Waals surface area contributed by atoms with E-state index >= 15 is 0 Å². The maximum Gasteiger partial charge on any atom is 0.410 e. The van der Waals surface area contributed by atoms with Crippen molar-refractivity contribution >= 4 is 6.09 Å². The molecule has 2 heterocycles. The van der Waals surface area contributed by atoms with Crippen LogP contribution in [0.4, 0.5) is 4.79 Å². The minimum atomic E-state index is -0.421. The van der Waals surface area contributed by atoms with Crippen LogP contribution in [-0.4, -0.2) is 36.2 Å². The molecule has 2 aliphatic heterocycles. The van der Waals surface area contributed by atoms with Crippen LogP contribution in [0.3, 0.4) is 0 Å². The summed E-state index contributed by atoms with van der Waals surface area (Å²) in [5.74, 6) is 0.454. The monoisotopic (exact) mass is 251 g/mol. The van der Waals surface area contributed by atoms with Gasteiger partial charge in [-0.3, -0.25) is 0 Å². The zero-order chi connectivity index (χ0) is 13.2. The van der Waals surface area contributed by atoms with Crippen LogP contribution in [0, 0.1) is 5.92 Å². The van der Waals surface area contributed by atoms with Crippen molar-refractivity contribution in [2.45, 2.75) is 39.2 Å². The zero-order valence-corrected chi connectivity index (χ0v) is 11.3. The van der Waals surface area contributed by atoms with Gasteiger partial charge in [-0.25, -0.2) is 4.79 Å². The molecule has 0 aromatic heterocycles. The number of rotatable bonds is 1. The van der Waals surface area contributed by atoms with E-state index in [-0.39, 0.29) is 6.09 Å². The molecule has 1 saturated heterocycles. The van der Waals surface area contributed by atoms with E-state index in [2.05, 4.69) is 16.3 Å². The molecule has 5 heteroatoms. The van der Waals surface area contributed by atoms with Crippen LogP contribution in [-0.2, 0) is 4.74 Å². The van der Waals surface area contributed by atoms with E-state index < -0.39 is 5.60 Å². The third-order valence-electron chi connectivity index (χ3n) is 3.13. The number of ether oxygens (including phenoxy) is 1. The van der Waals surface area contributed by atoms with Gasteiger partial charge in [0, 0.05) is 19.0 Å². The van der Waals surface area contributed by atoms with E-state index in [1.54, 1.807) is 4.90 Å². The van der Waals surface area contributed by atoms with Gasteiger partial charge < -0.3 is 9.64 Å². The molecule has 0 saturated carbocycles. The molecule has 0 bridgehead atoms. The van der Waals surface area contributed by atoms with Crippen molar-refractivity contribution in [1.29, 1.82) is 0 Å². The Hall–Kier alpha value is -1.39. The Morgan fingerprint density at radius 2 is 2.06 bits per heavy atom. The molecule has 100 valence electrons. The van der Waals surface area contributed by atoms with Crippen molar-refractivity contribution in [1.82, 2.24) is 4.90 Å². The number of amides is 1. The van der Waals surface area contributed by atoms with Gasteiger partial charge in [0.1, 0.15) is 5.60 Å². The van der Waals surface area contributed by atoms with Crippen LogP contribution in [0.1, 0.15) is 33.6 Å². The quantitative estimate of drug-likeness (QED) is 0.719. The number of nitrogens with zero attached hydrogens (tertiary/aromatic N) is 3. The van der Waals surface area contributed by atoms with Crippen molar-refractivity contribution in [2.24, 2.45) is 16.1 Å². The molecule has 0 aromatic carbocycles. The lowest BCUT2D eigenvalue weighted by molar-refractivity contribution is 0.0194. The van der Waals surface area contributed by atoms with E-state index in [9.17, 15) is 4.79 Å². The first kappa shape index (κ1) is 13.1. The summed E-state index contributed by atoms with van der Waals surface area (Å²) in [7, 11) is 0. The summed E-state index contributed by atoms with van der Waals surface area (Å²) < 4.78 is 5.37. The number of hydrogen-bond acceptors (Lipinski definition) is 4. The van der Waals surface area contributed by atoms with Crippen molar-refractivity contribution in [2.75, 3.05) is 19.6 Å². The second-order valence-corrected chi connectivity index (χ2v) is 5.79. The molecular formula is C13H21N3O2. The molecule has 5 nitrogen and oxygen atoms in total. The third kappa shape index (κ3) is 3.31. The van der Waals surface area contributed by atoms with Gasteiger partial charge >= 0.3 is 6.09 Å². The highest BCUT2D eigenvalue weighted by Crippen LogP contribution is 2.28. The number of likely N-dealkylation sites (tertiary alicyclic amines) is 1. The van der Waals surface area contributed by atoms with Crippen molar-refractivity contribution in [3.05, 3.63) is 11.8 Å². The Bertz CT molecular complexity index is 374. The molecule has 2 aliphatic rings. The molecule has 1 amide bonds. The average Bonchev–Trinajstić information content (AvgIpc) is 2.80. The summed E-state index contributed by atoms with van der Waals surface area (Å²) in [5.41, 5.74) is 0.676. The third-order valence-corrected chi connectivity index (χ3v) is 3.13. The Balaban J connectivity index is 1.83. The van der Waals surface area contributed by atoms with Gasteiger partial charge in [-0.05, 0) is 39.7 Å². The van der Waals surface area contributed by atoms with Gasteiger partial charge in [0.05, 0.1) is 12.2 Å². The number of hydrogen-bond donors (Lipinski definition) is 0. The number of carbonyl (C=O) groups excluding carboxylic acids is 1. The molecule has 0 spiro atoms. The molecular weight excluding hydrogens is 230 g/mol. The summed E-state index contributed by atoms with van der Waals surface area (Å²) in [6.45, 7) is 7.87. The van der Waals surface area contributed by atoms with Gasteiger partial charge in [-0.2, -0.15) is 10.2 Å². The molecule has 2 rings (SSSR count). The van der Waals surface area contributed by atoms with Crippen LogP contribution in [0.25, 0.3) is 0 Å². The van der Waals surface area contributed by atoms with Gasteiger partial charge in [-0.1, -0.05) is 0 Å². The number of azo groups is 1. The molecule has 0 aromatic rings. The smallest absolute Gasteiger partial charge is 0.410 e. The summed E-state index contributed by atoms with van der Waals surface area (Å²) >= 11 is 0. The van der Waals surface area contributed by atoms with Crippen molar-refractivity contribution in [3.63, 3.8) is 0 Å². The number of carbonyl (C=O) groups is 1. The number of allylic oxidation sites excluding steroid dienone is 1. The van der Waals surface area contributed by atoms with Gasteiger partial charge in [-0.15, -0.1) is 0 Å². The standard InChI is InChI=1S/C13H21N3O2/c1-13(2,3)18-12(17)16-8-5-10(6-9-16)11-4-7-14-15-11/h4,10H,5-9H2,1-3H3. The summed E-state index contributed by atoms with van der Waals surface area (Å²) in [5, 5.41) is 8.11. The predicted octanol–water partition coefficient (Wildman–Crippen LogP) is 2.98. The highest BCUT2D eigenvalue weighted by atomic mass is 16.6. The zero-order valence-electron chi connectivity index (χ0n) is 11.3. The van der Waals surface area contributed by atoms with E-state index in [1.165, 1.54) is 0 Å². The molecule has 0 N–H and O–H groups in total. The summed E-state index contributed by atoms with van der Waals surface area (Å²) in [6.07, 6.45) is 3.77. The lowest BCUT2D eigenvalue weighted by Gasteiger charge is -2.33. The van der Waals surface area contributed by atoms with Crippen molar-refractivity contribution < 1.29 is 9.53 Å². The van der Waals surface area contributed by atoms with E-state index in [0.29, 0.717) is 12.5 Å². The van der Waals surface area contributed by atoms with Crippen LogP contribution in [0.5, 0.6) is 0 Å². The fourth-order valence-corrected chi connectivity index (χ4v) is 2.23. The average molecular weight is 251 g/mol. The van der Waals surface area contributed by atoms with Crippen LogP contribution in [0.15, 0.2) is 22.0 Å². The van der Waals surface area contributed by atoms with Gasteiger partial charge in [0.15, 0.2) is 0 Å². The second-order valence-electron chi connectivity index (χ2n) is 5.79. The first-order chi connectivity index (χ1) is 8.46. The van der Waals surface area contributed by atoms with Gasteiger partial charge in [0.25, 0.3) is 0 Å². The number of piperidine rings is 1. The maximum atomic E-state index is 11.9. The van der Waals surface area contributed by atoms with Crippen LogP contribution in [0.2, 0.25) is 0 Å². The fourth-order valence-electron chi connectivity index (χ4n) is 2.23. The Labute approximate surface area is 108 Å². The molecule has 0 radical (unpaired) electrons. The highest BCUT2D eigenvalue weighted by Gasteiger charge is 2.28. The minimum absolute atomic E-state index is 0.206. The first-order valence-electron chi connectivity index (χ1n) is 6.51. The maximum absolute atomic E-state index is 11.9. The fraction of sp³-hybridized carbons (Fsp3) is 0.769. The van der Waals surface area contributed by atoms with E-state index in [0.717, 1.165) is 31.6 Å². The topological polar surface area (TPSA) is 54.3 Å². The first-order valence-corrected chi connectivity index (χ1v) is 6.51. The summed E-state index contributed by atoms with van der Waals surface area (Å²) in [4.78, 5) is 13.7. The molecule has 18 heavy (non-hydrogen) atoms. The normalized spacial score (nSPS) is 21.1. The lowest BCUT2D eigenvalue weighted by atomic mass is 9.94. The minimum Gasteiger partial charge on any atom is -0.444 e. The Morgan fingerprint density at radius 3 is 2.56 bits per heavy atom.